The quantitative estimate of drug-likeness (QED) is 0.839. The molecule has 1 aliphatic heterocycles. The van der Waals surface area contributed by atoms with Crippen LogP contribution in [-0.4, -0.2) is 54.0 Å². The molecule has 0 saturated carbocycles. The second-order valence-corrected chi connectivity index (χ2v) is 8.21. The van der Waals surface area contributed by atoms with Crippen molar-refractivity contribution in [3.63, 3.8) is 0 Å². The summed E-state index contributed by atoms with van der Waals surface area (Å²) >= 11 is 0. The zero-order valence-electron chi connectivity index (χ0n) is 17.1. The number of nitrogens with zero attached hydrogens (tertiary/aromatic N) is 3. The van der Waals surface area contributed by atoms with E-state index in [-0.39, 0.29) is 11.8 Å². The summed E-state index contributed by atoms with van der Waals surface area (Å²) in [5.74, 6) is -0.000698. The fourth-order valence-corrected chi connectivity index (χ4v) is 3.61. The van der Waals surface area contributed by atoms with Gasteiger partial charge in [0.1, 0.15) is 5.54 Å². The third kappa shape index (κ3) is 4.70. The molecular formula is C23H30N4O. The number of hydrogen-bond donors (Lipinski definition) is 1. The number of piperazine rings is 1. The summed E-state index contributed by atoms with van der Waals surface area (Å²) < 4.78 is 0. The minimum atomic E-state index is -0.812. The Balaban J connectivity index is 1.52. The molecule has 28 heavy (non-hydrogen) atoms. The molecule has 1 saturated heterocycles. The number of amides is 1. The van der Waals surface area contributed by atoms with Crippen LogP contribution in [-0.2, 0) is 11.3 Å². The van der Waals surface area contributed by atoms with E-state index in [1.807, 2.05) is 13.8 Å². The number of fused-ring (bicyclic) bond motifs is 1. The highest BCUT2D eigenvalue weighted by atomic mass is 16.2. The van der Waals surface area contributed by atoms with Crippen molar-refractivity contribution in [1.29, 1.82) is 5.26 Å². The Morgan fingerprint density at radius 3 is 2.43 bits per heavy atom. The minimum absolute atomic E-state index is 0.0685. The smallest absolute Gasteiger partial charge is 0.235 e. The van der Waals surface area contributed by atoms with E-state index in [9.17, 15) is 10.1 Å². The van der Waals surface area contributed by atoms with Crippen LogP contribution < -0.4 is 5.32 Å². The summed E-state index contributed by atoms with van der Waals surface area (Å²) in [6, 6.07) is 17.2. The third-order valence-electron chi connectivity index (χ3n) is 5.89. The molecule has 0 bridgehead atoms. The number of hydrogen-bond acceptors (Lipinski definition) is 4. The standard InChI is InChI=1S/C23H30N4O/c1-18(2)23(3,17-24)25-22(28)16-27-13-11-26(12-14-27)15-20-9-6-8-19-7-4-5-10-21(19)20/h4-10,18H,11-16H2,1-3H3,(H,25,28)/t23-/m1/s1. The van der Waals surface area contributed by atoms with Crippen molar-refractivity contribution < 1.29 is 4.79 Å². The van der Waals surface area contributed by atoms with Crippen LogP contribution in [0.3, 0.4) is 0 Å². The van der Waals surface area contributed by atoms with Gasteiger partial charge >= 0.3 is 0 Å². The number of rotatable bonds is 6. The molecule has 1 N–H and O–H groups in total. The normalized spacial score (nSPS) is 18.0. The molecule has 3 rings (SSSR count). The molecule has 0 radical (unpaired) electrons. The Hall–Kier alpha value is -2.42. The van der Waals surface area contributed by atoms with Crippen LogP contribution in [0.5, 0.6) is 0 Å². The topological polar surface area (TPSA) is 59.4 Å². The van der Waals surface area contributed by atoms with Gasteiger partial charge in [-0.25, -0.2) is 0 Å². The maximum atomic E-state index is 12.4. The Morgan fingerprint density at radius 1 is 1.11 bits per heavy atom. The van der Waals surface area contributed by atoms with Crippen molar-refractivity contribution in [2.75, 3.05) is 32.7 Å². The fourth-order valence-electron chi connectivity index (χ4n) is 3.61. The molecule has 5 heteroatoms. The number of nitrogens with one attached hydrogen (secondary N) is 1. The number of carbonyl (C=O) groups excluding carboxylic acids is 1. The van der Waals surface area contributed by atoms with E-state index >= 15 is 0 Å². The zero-order valence-corrected chi connectivity index (χ0v) is 17.1. The lowest BCUT2D eigenvalue weighted by atomic mass is 9.90. The molecule has 0 unspecified atom stereocenters. The summed E-state index contributed by atoms with van der Waals surface area (Å²) in [4.78, 5) is 17.0. The van der Waals surface area contributed by atoms with Crippen LogP contribution >= 0.6 is 0 Å². The summed E-state index contributed by atoms with van der Waals surface area (Å²) in [5.41, 5.74) is 0.541. The summed E-state index contributed by atoms with van der Waals surface area (Å²) in [6.45, 7) is 10.6. The van der Waals surface area contributed by atoms with E-state index in [1.54, 1.807) is 6.92 Å². The molecule has 148 valence electrons. The lowest BCUT2D eigenvalue weighted by Crippen LogP contribution is -2.54. The molecule has 0 spiro atoms. The lowest BCUT2D eigenvalue weighted by molar-refractivity contribution is -0.124. The number of carbonyl (C=O) groups is 1. The maximum Gasteiger partial charge on any atom is 0.235 e. The second kappa shape index (κ2) is 8.72. The van der Waals surface area contributed by atoms with Crippen molar-refractivity contribution in [2.45, 2.75) is 32.9 Å². The second-order valence-electron chi connectivity index (χ2n) is 8.21. The SMILES string of the molecule is CC(C)[C@@](C)(C#N)NC(=O)CN1CCN(Cc2cccc3ccccc23)CC1. The van der Waals surface area contributed by atoms with Crippen LogP contribution in [0, 0.1) is 17.2 Å². The lowest BCUT2D eigenvalue weighted by Gasteiger charge is -2.35. The Morgan fingerprint density at radius 2 is 1.75 bits per heavy atom. The maximum absolute atomic E-state index is 12.4. The largest absolute Gasteiger partial charge is 0.337 e. The van der Waals surface area contributed by atoms with Crippen LogP contribution in [0.2, 0.25) is 0 Å². The Labute approximate surface area is 167 Å². The van der Waals surface area contributed by atoms with Gasteiger partial charge in [0.15, 0.2) is 0 Å². The average Bonchev–Trinajstić information content (AvgIpc) is 2.69. The van der Waals surface area contributed by atoms with Gasteiger partial charge in [0, 0.05) is 32.7 Å². The number of benzene rings is 2. The predicted octanol–water partition coefficient (Wildman–Crippen LogP) is 3.01. The van der Waals surface area contributed by atoms with Crippen molar-refractivity contribution in [2.24, 2.45) is 5.92 Å². The number of nitriles is 1. The molecule has 1 fully saturated rings. The molecule has 2 aromatic carbocycles. The van der Waals surface area contributed by atoms with Crippen molar-refractivity contribution in [3.8, 4) is 6.07 Å². The van der Waals surface area contributed by atoms with Gasteiger partial charge in [0.05, 0.1) is 12.6 Å². The van der Waals surface area contributed by atoms with Gasteiger partial charge < -0.3 is 5.32 Å². The molecule has 1 atom stereocenters. The Bertz CT molecular complexity index is 859. The van der Waals surface area contributed by atoms with Crippen molar-refractivity contribution in [1.82, 2.24) is 15.1 Å². The van der Waals surface area contributed by atoms with Crippen LogP contribution in [0.1, 0.15) is 26.3 Å². The van der Waals surface area contributed by atoms with Crippen molar-refractivity contribution >= 4 is 16.7 Å². The van der Waals surface area contributed by atoms with Gasteiger partial charge in [0.25, 0.3) is 0 Å². The summed E-state index contributed by atoms with van der Waals surface area (Å²) in [6.07, 6.45) is 0. The van der Waals surface area contributed by atoms with Gasteiger partial charge in [-0.1, -0.05) is 56.3 Å². The summed E-state index contributed by atoms with van der Waals surface area (Å²) in [7, 11) is 0. The first-order chi connectivity index (χ1) is 13.4. The molecular weight excluding hydrogens is 348 g/mol. The molecule has 1 amide bonds. The van der Waals surface area contributed by atoms with E-state index in [4.69, 9.17) is 0 Å². The van der Waals surface area contributed by atoms with Crippen LogP contribution in [0.15, 0.2) is 42.5 Å². The first kappa shape index (κ1) is 20.3. The third-order valence-corrected chi connectivity index (χ3v) is 5.89. The van der Waals surface area contributed by atoms with E-state index < -0.39 is 5.54 Å². The van der Waals surface area contributed by atoms with Crippen LogP contribution in [0.25, 0.3) is 10.8 Å². The van der Waals surface area contributed by atoms with Gasteiger partial charge in [-0.05, 0) is 29.2 Å². The molecule has 5 nitrogen and oxygen atoms in total. The van der Waals surface area contributed by atoms with E-state index in [0.29, 0.717) is 6.54 Å². The molecule has 0 aromatic heterocycles. The molecule has 2 aromatic rings. The monoisotopic (exact) mass is 378 g/mol. The molecule has 1 heterocycles. The predicted molar refractivity (Wildman–Crippen MR) is 113 cm³/mol. The fraction of sp³-hybridized carbons (Fsp3) is 0.478. The highest BCUT2D eigenvalue weighted by molar-refractivity contribution is 5.85. The molecule has 1 aliphatic rings. The highest BCUT2D eigenvalue weighted by Crippen LogP contribution is 2.20. The van der Waals surface area contributed by atoms with Gasteiger partial charge in [-0.3, -0.25) is 14.6 Å². The van der Waals surface area contributed by atoms with Crippen LogP contribution in [0.4, 0.5) is 0 Å². The minimum Gasteiger partial charge on any atom is -0.337 e. The average molecular weight is 379 g/mol. The summed E-state index contributed by atoms with van der Waals surface area (Å²) in [5, 5.41) is 14.9. The highest BCUT2D eigenvalue weighted by Gasteiger charge is 2.30. The van der Waals surface area contributed by atoms with E-state index in [1.165, 1.54) is 16.3 Å². The first-order valence-electron chi connectivity index (χ1n) is 10.0. The van der Waals surface area contributed by atoms with E-state index in [0.717, 1.165) is 32.7 Å². The van der Waals surface area contributed by atoms with E-state index in [2.05, 4.69) is 63.7 Å². The first-order valence-corrected chi connectivity index (χ1v) is 10.0. The Kier molecular flexibility index (Phi) is 6.33. The van der Waals surface area contributed by atoms with Gasteiger partial charge in [-0.15, -0.1) is 0 Å². The zero-order chi connectivity index (χ0) is 20.1. The molecule has 0 aliphatic carbocycles. The van der Waals surface area contributed by atoms with Gasteiger partial charge in [0.2, 0.25) is 5.91 Å². The van der Waals surface area contributed by atoms with Crippen molar-refractivity contribution in [3.05, 3.63) is 48.0 Å². The van der Waals surface area contributed by atoms with Gasteiger partial charge in [-0.2, -0.15) is 5.26 Å².